The predicted molar refractivity (Wildman–Crippen MR) is 88.1 cm³/mol. The maximum absolute atomic E-state index is 11.3. The molecule has 0 aromatic carbocycles. The van der Waals surface area contributed by atoms with Gasteiger partial charge in [0.2, 0.25) is 0 Å². The van der Waals surface area contributed by atoms with Crippen molar-refractivity contribution in [3.63, 3.8) is 0 Å². The first-order valence-electron chi connectivity index (χ1n) is 7.24. The summed E-state index contributed by atoms with van der Waals surface area (Å²) < 4.78 is 15.2. The summed E-state index contributed by atoms with van der Waals surface area (Å²) in [7, 11) is 0. The highest BCUT2D eigenvalue weighted by molar-refractivity contribution is 7.81. The molecule has 0 spiro atoms. The Hall–Kier alpha value is -0.400. The maximum Gasteiger partial charge on any atom is 0.306 e. The average molecular weight is 338 g/mol. The molecule has 0 aliphatic heterocycles. The number of hydrogen-bond donors (Lipinski definition) is 2. The summed E-state index contributed by atoms with van der Waals surface area (Å²) in [6.07, 6.45) is 2.26. The standard InChI is InChI=1S/C14H26O5S2/c1-3-11(20)9-13(15)18-7-5-17-6-8-19-14(16)10-12(21)4-2/h11-12,20-21H,3-10H2,1-2H3. The van der Waals surface area contributed by atoms with Crippen LogP contribution in [0.3, 0.4) is 0 Å². The topological polar surface area (TPSA) is 61.8 Å². The van der Waals surface area contributed by atoms with E-state index in [-0.39, 0.29) is 48.9 Å². The van der Waals surface area contributed by atoms with Gasteiger partial charge in [-0.05, 0) is 12.8 Å². The quantitative estimate of drug-likeness (QED) is 0.325. The highest BCUT2D eigenvalue weighted by atomic mass is 32.1. The summed E-state index contributed by atoms with van der Waals surface area (Å²) in [6.45, 7) is 4.91. The zero-order valence-electron chi connectivity index (χ0n) is 12.7. The van der Waals surface area contributed by atoms with Crippen LogP contribution in [-0.2, 0) is 23.8 Å². The second-order valence-electron chi connectivity index (χ2n) is 4.59. The fourth-order valence-electron chi connectivity index (χ4n) is 1.32. The molecule has 0 rings (SSSR count). The number of rotatable bonds is 12. The summed E-state index contributed by atoms with van der Waals surface area (Å²) >= 11 is 8.45. The molecule has 5 nitrogen and oxygen atoms in total. The molecule has 2 unspecified atom stereocenters. The third-order valence-corrected chi connectivity index (χ3v) is 3.82. The van der Waals surface area contributed by atoms with Crippen LogP contribution in [0.2, 0.25) is 0 Å². The number of thiol groups is 2. The first-order valence-corrected chi connectivity index (χ1v) is 8.27. The fraction of sp³-hybridized carbons (Fsp3) is 0.857. The Bertz CT molecular complexity index is 271. The van der Waals surface area contributed by atoms with Crippen molar-refractivity contribution < 1.29 is 23.8 Å². The highest BCUT2D eigenvalue weighted by Gasteiger charge is 2.10. The van der Waals surface area contributed by atoms with Gasteiger partial charge in [0, 0.05) is 10.5 Å². The van der Waals surface area contributed by atoms with Crippen LogP contribution in [0.5, 0.6) is 0 Å². The molecule has 0 saturated heterocycles. The van der Waals surface area contributed by atoms with E-state index in [2.05, 4.69) is 25.3 Å². The molecular formula is C14H26O5S2. The van der Waals surface area contributed by atoms with E-state index in [9.17, 15) is 9.59 Å². The van der Waals surface area contributed by atoms with Gasteiger partial charge in [-0.25, -0.2) is 0 Å². The molecule has 21 heavy (non-hydrogen) atoms. The average Bonchev–Trinajstić information content (AvgIpc) is 2.45. The molecule has 124 valence electrons. The third kappa shape index (κ3) is 13.0. The van der Waals surface area contributed by atoms with Crippen LogP contribution < -0.4 is 0 Å². The lowest BCUT2D eigenvalue weighted by Gasteiger charge is -2.10. The van der Waals surface area contributed by atoms with E-state index in [1.807, 2.05) is 13.8 Å². The van der Waals surface area contributed by atoms with Crippen LogP contribution in [-0.4, -0.2) is 48.9 Å². The molecule has 0 aromatic rings. The zero-order valence-corrected chi connectivity index (χ0v) is 14.5. The molecule has 0 bridgehead atoms. The maximum atomic E-state index is 11.3. The molecule has 0 aromatic heterocycles. The smallest absolute Gasteiger partial charge is 0.306 e. The predicted octanol–water partition coefficient (Wildman–Crippen LogP) is 2.29. The van der Waals surface area contributed by atoms with Crippen LogP contribution in [0.1, 0.15) is 39.5 Å². The van der Waals surface area contributed by atoms with Gasteiger partial charge < -0.3 is 14.2 Å². The van der Waals surface area contributed by atoms with E-state index in [1.54, 1.807) is 0 Å². The summed E-state index contributed by atoms with van der Waals surface area (Å²) in [5.74, 6) is -0.544. The Balaban J connectivity index is 3.40. The Morgan fingerprint density at radius 2 is 1.19 bits per heavy atom. The molecule has 0 saturated carbocycles. The van der Waals surface area contributed by atoms with E-state index >= 15 is 0 Å². The fourth-order valence-corrected chi connectivity index (χ4v) is 1.62. The van der Waals surface area contributed by atoms with Crippen LogP contribution in [0, 0.1) is 0 Å². The SMILES string of the molecule is CCC(S)CC(=O)OCCOCCOC(=O)CC(S)CC. The number of esters is 2. The normalized spacial score (nSPS) is 13.5. The number of carbonyl (C=O) groups excluding carboxylic acids is 2. The molecule has 0 aliphatic rings. The lowest BCUT2D eigenvalue weighted by molar-refractivity contribution is -0.146. The van der Waals surface area contributed by atoms with Gasteiger partial charge in [0.15, 0.2) is 0 Å². The van der Waals surface area contributed by atoms with Gasteiger partial charge >= 0.3 is 11.9 Å². The Labute approximate surface area is 137 Å². The van der Waals surface area contributed by atoms with Gasteiger partial charge in [-0.2, -0.15) is 25.3 Å². The third-order valence-electron chi connectivity index (χ3n) is 2.73. The van der Waals surface area contributed by atoms with Crippen molar-refractivity contribution in [1.82, 2.24) is 0 Å². The minimum Gasteiger partial charge on any atom is -0.463 e. The molecule has 0 radical (unpaired) electrons. The molecule has 0 N–H and O–H groups in total. The number of carbonyl (C=O) groups is 2. The second kappa shape index (κ2) is 13.3. The van der Waals surface area contributed by atoms with Crippen LogP contribution in [0.25, 0.3) is 0 Å². The van der Waals surface area contributed by atoms with Gasteiger partial charge in [0.05, 0.1) is 26.1 Å². The lowest BCUT2D eigenvalue weighted by Crippen LogP contribution is -2.17. The summed E-state index contributed by atoms with van der Waals surface area (Å²) in [4.78, 5) is 22.6. The Morgan fingerprint density at radius 3 is 1.52 bits per heavy atom. The van der Waals surface area contributed by atoms with E-state index in [1.165, 1.54) is 0 Å². The first kappa shape index (κ1) is 20.6. The second-order valence-corrected chi connectivity index (χ2v) is 6.05. The monoisotopic (exact) mass is 338 g/mol. The molecule has 0 fully saturated rings. The first-order chi connectivity index (χ1) is 9.99. The minimum absolute atomic E-state index is 0.0385. The van der Waals surface area contributed by atoms with Crippen molar-refractivity contribution in [2.45, 2.75) is 50.0 Å². The van der Waals surface area contributed by atoms with Crippen molar-refractivity contribution >= 4 is 37.2 Å². The molecular weight excluding hydrogens is 312 g/mol. The van der Waals surface area contributed by atoms with Crippen molar-refractivity contribution in [3.05, 3.63) is 0 Å². The highest BCUT2D eigenvalue weighted by Crippen LogP contribution is 2.07. The summed E-state index contributed by atoms with van der Waals surface area (Å²) in [5.41, 5.74) is 0. The van der Waals surface area contributed by atoms with Gasteiger partial charge in [-0.3, -0.25) is 9.59 Å². The molecule has 0 heterocycles. The van der Waals surface area contributed by atoms with Gasteiger partial charge in [0.1, 0.15) is 13.2 Å². The molecule has 0 aliphatic carbocycles. The van der Waals surface area contributed by atoms with E-state index < -0.39 is 0 Å². The largest absolute Gasteiger partial charge is 0.463 e. The Kier molecular flexibility index (Phi) is 13.0. The van der Waals surface area contributed by atoms with Crippen molar-refractivity contribution in [1.29, 1.82) is 0 Å². The summed E-state index contributed by atoms with van der Waals surface area (Å²) in [5, 5.41) is 0.0771. The van der Waals surface area contributed by atoms with E-state index in [4.69, 9.17) is 14.2 Å². The Morgan fingerprint density at radius 1 is 0.810 bits per heavy atom. The van der Waals surface area contributed by atoms with Crippen LogP contribution in [0.15, 0.2) is 0 Å². The molecule has 7 heteroatoms. The van der Waals surface area contributed by atoms with E-state index in [0.717, 1.165) is 12.8 Å². The van der Waals surface area contributed by atoms with Gasteiger partial charge in [0.25, 0.3) is 0 Å². The molecule has 2 atom stereocenters. The molecule has 0 amide bonds. The van der Waals surface area contributed by atoms with Crippen LogP contribution >= 0.6 is 25.3 Å². The van der Waals surface area contributed by atoms with Gasteiger partial charge in [-0.15, -0.1) is 0 Å². The summed E-state index contributed by atoms with van der Waals surface area (Å²) in [6, 6.07) is 0. The zero-order chi connectivity index (χ0) is 16.1. The van der Waals surface area contributed by atoms with Crippen molar-refractivity contribution in [2.24, 2.45) is 0 Å². The van der Waals surface area contributed by atoms with Crippen molar-refractivity contribution in [2.75, 3.05) is 26.4 Å². The van der Waals surface area contributed by atoms with Crippen LogP contribution in [0.4, 0.5) is 0 Å². The lowest BCUT2D eigenvalue weighted by atomic mass is 10.2. The number of hydrogen-bond acceptors (Lipinski definition) is 7. The minimum atomic E-state index is -0.272. The van der Waals surface area contributed by atoms with E-state index in [0.29, 0.717) is 12.8 Å². The van der Waals surface area contributed by atoms with Gasteiger partial charge in [-0.1, -0.05) is 13.8 Å². The number of ether oxygens (including phenoxy) is 3. The van der Waals surface area contributed by atoms with Crippen molar-refractivity contribution in [3.8, 4) is 0 Å².